The molecule has 3 aromatic rings. The van der Waals surface area contributed by atoms with E-state index in [1.807, 2.05) is 0 Å². The normalized spacial score (nSPS) is 22.0. The van der Waals surface area contributed by atoms with Gasteiger partial charge in [0, 0.05) is 11.5 Å². The summed E-state index contributed by atoms with van der Waals surface area (Å²) < 4.78 is 0. The van der Waals surface area contributed by atoms with Crippen LogP contribution in [0.1, 0.15) is 55.2 Å². The molecule has 0 amide bonds. The molecule has 2 bridgehead atoms. The molecule has 1 heteroatoms. The second-order valence-electron chi connectivity index (χ2n) is 9.26. The molecule has 0 radical (unpaired) electrons. The van der Waals surface area contributed by atoms with Crippen molar-refractivity contribution < 1.29 is 0 Å². The monoisotopic (exact) mass is 395 g/mol. The smallest absolute Gasteiger partial charge is 0.0463 e. The lowest BCUT2D eigenvalue weighted by Gasteiger charge is -2.45. The van der Waals surface area contributed by atoms with E-state index >= 15 is 0 Å². The van der Waals surface area contributed by atoms with Crippen LogP contribution in [0.25, 0.3) is 0 Å². The number of benzene rings is 3. The highest BCUT2D eigenvalue weighted by atomic mass is 15.2. The van der Waals surface area contributed by atoms with Gasteiger partial charge in [0.1, 0.15) is 0 Å². The molecule has 3 aromatic carbocycles. The van der Waals surface area contributed by atoms with Gasteiger partial charge in [-0.1, -0.05) is 104 Å². The molecule has 5 rings (SSSR count). The Morgan fingerprint density at radius 3 is 1.73 bits per heavy atom. The first-order valence-electron chi connectivity index (χ1n) is 11.8. The Labute approximate surface area is 181 Å². The maximum Gasteiger partial charge on any atom is 0.0463 e. The van der Waals surface area contributed by atoms with Gasteiger partial charge in [-0.3, -0.25) is 0 Å². The Morgan fingerprint density at radius 2 is 1.20 bits per heavy atom. The fourth-order valence-corrected chi connectivity index (χ4v) is 6.09. The van der Waals surface area contributed by atoms with Gasteiger partial charge in [0.05, 0.1) is 0 Å². The first-order chi connectivity index (χ1) is 14.9. The fourth-order valence-electron chi connectivity index (χ4n) is 6.09. The van der Waals surface area contributed by atoms with Gasteiger partial charge in [-0.25, -0.2) is 0 Å². The summed E-state index contributed by atoms with van der Waals surface area (Å²) in [5.41, 5.74) is 4.10. The van der Waals surface area contributed by atoms with Crippen molar-refractivity contribution in [2.45, 2.75) is 50.0 Å². The third-order valence-electron chi connectivity index (χ3n) is 7.67. The highest BCUT2D eigenvalue weighted by molar-refractivity contribution is 5.50. The highest BCUT2D eigenvalue weighted by Gasteiger charge is 2.38. The summed E-state index contributed by atoms with van der Waals surface area (Å²) in [5, 5.41) is 0. The van der Waals surface area contributed by atoms with Crippen LogP contribution >= 0.6 is 0 Å². The molecule has 0 N–H and O–H groups in total. The molecule has 1 aliphatic carbocycles. The number of nitrogens with zero attached hydrogens (tertiary/aromatic N) is 1. The first-order valence-corrected chi connectivity index (χ1v) is 11.8. The zero-order chi connectivity index (χ0) is 20.2. The van der Waals surface area contributed by atoms with Crippen molar-refractivity contribution in [1.82, 2.24) is 4.90 Å². The summed E-state index contributed by atoms with van der Waals surface area (Å²) in [5.74, 6) is 0.988. The zero-order valence-corrected chi connectivity index (χ0v) is 17.9. The predicted octanol–water partition coefficient (Wildman–Crippen LogP) is 6.68. The minimum absolute atomic E-state index is 0.116. The van der Waals surface area contributed by atoms with Crippen molar-refractivity contribution in [3.05, 3.63) is 108 Å². The van der Waals surface area contributed by atoms with E-state index in [4.69, 9.17) is 0 Å². The lowest BCUT2D eigenvalue weighted by molar-refractivity contribution is 0.0694. The average Bonchev–Trinajstić information content (AvgIpc) is 2.83. The standard InChI is InChI=1S/C29H33N/c1-4-12-25(13-5-1)29(26-14-6-2-7-15-26,27-16-8-3-9-17-27)20-22-30-21-19-24-11-10-18-28(30)23-24/h1-9,12-17,24,28H,10-11,18-23H2. The van der Waals surface area contributed by atoms with Crippen LogP contribution in [0.2, 0.25) is 0 Å². The molecule has 2 fully saturated rings. The summed E-state index contributed by atoms with van der Waals surface area (Å²) in [6, 6.07) is 34.4. The molecular formula is C29H33N. The lowest BCUT2D eigenvalue weighted by Crippen LogP contribution is -2.46. The quantitative estimate of drug-likeness (QED) is 0.421. The number of hydrogen-bond acceptors (Lipinski definition) is 1. The van der Waals surface area contributed by atoms with Crippen molar-refractivity contribution in [1.29, 1.82) is 0 Å². The van der Waals surface area contributed by atoms with E-state index in [0.29, 0.717) is 0 Å². The molecule has 0 spiro atoms. The number of rotatable bonds is 6. The highest BCUT2D eigenvalue weighted by Crippen LogP contribution is 2.43. The zero-order valence-electron chi connectivity index (χ0n) is 17.9. The van der Waals surface area contributed by atoms with Crippen LogP contribution in [-0.2, 0) is 5.41 Å². The third-order valence-corrected chi connectivity index (χ3v) is 7.67. The van der Waals surface area contributed by atoms with E-state index in [9.17, 15) is 0 Å². The molecule has 1 nitrogen and oxygen atoms in total. The Bertz CT molecular complexity index is 822. The molecule has 1 saturated carbocycles. The van der Waals surface area contributed by atoms with Gasteiger partial charge in [-0.2, -0.15) is 0 Å². The third kappa shape index (κ3) is 3.72. The van der Waals surface area contributed by atoms with E-state index in [1.165, 1.54) is 55.3 Å². The Kier molecular flexibility index (Phi) is 5.73. The van der Waals surface area contributed by atoms with Crippen molar-refractivity contribution in [2.24, 2.45) is 5.92 Å². The molecule has 1 heterocycles. The molecule has 1 aliphatic heterocycles. The Hall–Kier alpha value is -2.38. The maximum atomic E-state index is 2.82. The largest absolute Gasteiger partial charge is 0.300 e. The first kappa shape index (κ1) is 19.6. The summed E-state index contributed by atoms with van der Waals surface area (Å²) in [6.45, 7) is 2.44. The van der Waals surface area contributed by atoms with Crippen LogP contribution in [-0.4, -0.2) is 24.0 Å². The van der Waals surface area contributed by atoms with E-state index in [2.05, 4.69) is 95.9 Å². The van der Waals surface area contributed by atoms with E-state index in [1.54, 1.807) is 0 Å². The number of hydrogen-bond donors (Lipinski definition) is 0. The van der Waals surface area contributed by atoms with Crippen molar-refractivity contribution >= 4 is 0 Å². The van der Waals surface area contributed by atoms with Gasteiger partial charge in [-0.05, 0) is 61.4 Å². The summed E-state index contributed by atoms with van der Waals surface area (Å²) in [4.78, 5) is 2.82. The molecule has 2 aliphatic rings. The van der Waals surface area contributed by atoms with Gasteiger partial charge in [-0.15, -0.1) is 0 Å². The van der Waals surface area contributed by atoms with Gasteiger partial charge >= 0.3 is 0 Å². The molecule has 2 unspecified atom stereocenters. The van der Waals surface area contributed by atoms with Crippen LogP contribution in [0, 0.1) is 5.92 Å². The summed E-state index contributed by atoms with van der Waals surface area (Å²) in [6.07, 6.45) is 8.22. The summed E-state index contributed by atoms with van der Waals surface area (Å²) >= 11 is 0. The minimum Gasteiger partial charge on any atom is -0.300 e. The topological polar surface area (TPSA) is 3.24 Å². The molecular weight excluding hydrogens is 362 g/mol. The molecule has 2 atom stereocenters. The van der Waals surface area contributed by atoms with Crippen molar-refractivity contribution in [3.8, 4) is 0 Å². The van der Waals surface area contributed by atoms with Gasteiger partial charge < -0.3 is 4.90 Å². The summed E-state index contributed by atoms with van der Waals surface area (Å²) in [7, 11) is 0. The fraction of sp³-hybridized carbons (Fsp3) is 0.379. The SMILES string of the molecule is c1ccc(C(CCN2CCC3CCCC2C3)(c2ccccc2)c2ccccc2)cc1. The van der Waals surface area contributed by atoms with E-state index in [-0.39, 0.29) is 5.41 Å². The number of piperidine rings is 1. The molecule has 0 aromatic heterocycles. The second kappa shape index (κ2) is 8.78. The second-order valence-corrected chi connectivity index (χ2v) is 9.26. The van der Waals surface area contributed by atoms with Gasteiger partial charge in [0.15, 0.2) is 0 Å². The van der Waals surface area contributed by atoms with Crippen LogP contribution < -0.4 is 0 Å². The van der Waals surface area contributed by atoms with Gasteiger partial charge in [0.2, 0.25) is 0 Å². The Balaban J connectivity index is 1.55. The maximum absolute atomic E-state index is 2.82. The van der Waals surface area contributed by atoms with Crippen molar-refractivity contribution in [2.75, 3.05) is 13.1 Å². The number of likely N-dealkylation sites (tertiary alicyclic amines) is 1. The van der Waals surface area contributed by atoms with Crippen molar-refractivity contribution in [3.63, 3.8) is 0 Å². The molecule has 30 heavy (non-hydrogen) atoms. The Morgan fingerprint density at radius 1 is 0.667 bits per heavy atom. The van der Waals surface area contributed by atoms with Gasteiger partial charge in [0.25, 0.3) is 0 Å². The number of fused-ring (bicyclic) bond motifs is 2. The van der Waals surface area contributed by atoms with Crippen LogP contribution in [0.4, 0.5) is 0 Å². The molecule has 154 valence electrons. The van der Waals surface area contributed by atoms with E-state index < -0.39 is 0 Å². The minimum atomic E-state index is -0.116. The lowest BCUT2D eigenvalue weighted by atomic mass is 9.67. The molecule has 1 saturated heterocycles. The van der Waals surface area contributed by atoms with Crippen LogP contribution in [0.3, 0.4) is 0 Å². The van der Waals surface area contributed by atoms with Crippen LogP contribution in [0.15, 0.2) is 91.0 Å². The van der Waals surface area contributed by atoms with Crippen LogP contribution in [0.5, 0.6) is 0 Å². The van der Waals surface area contributed by atoms with E-state index in [0.717, 1.165) is 24.9 Å². The average molecular weight is 396 g/mol. The predicted molar refractivity (Wildman–Crippen MR) is 126 cm³/mol.